The zero-order chi connectivity index (χ0) is 17.4. The minimum atomic E-state index is -1.12. The van der Waals surface area contributed by atoms with Gasteiger partial charge in [-0.05, 0) is 37.8 Å². The van der Waals surface area contributed by atoms with Crippen molar-refractivity contribution in [2.24, 2.45) is 11.8 Å². The number of carbonyl (C=O) groups is 1. The van der Waals surface area contributed by atoms with Crippen LogP contribution in [0.4, 0.5) is 0 Å². The Labute approximate surface area is 137 Å². The number of likely N-dealkylation sites (tertiary alicyclic amines) is 1. The van der Waals surface area contributed by atoms with Crippen LogP contribution < -0.4 is 0 Å². The molecule has 0 spiro atoms. The Hall–Kier alpha value is -1.77. The standard InChI is InChI=1S/C18H25NO4/c1-12(2)18(22)11-19(10-13(18)3)16(20)15-7-6-14(23-15)8-9-17(4,5)21/h6-7,12-13,21-22H,10-11H2,1-5H3. The SMILES string of the molecule is CC(C)C1(O)CN(C(=O)c2ccc(C#CC(C)(C)O)o2)CC1C. The topological polar surface area (TPSA) is 73.9 Å². The first-order valence-corrected chi connectivity index (χ1v) is 7.90. The van der Waals surface area contributed by atoms with Gasteiger partial charge in [-0.2, -0.15) is 0 Å². The lowest BCUT2D eigenvalue weighted by Gasteiger charge is -2.30. The molecule has 2 atom stereocenters. The van der Waals surface area contributed by atoms with E-state index in [0.29, 0.717) is 18.8 Å². The minimum Gasteiger partial charge on any atom is -0.443 e. The lowest BCUT2D eigenvalue weighted by molar-refractivity contribution is -0.0245. The van der Waals surface area contributed by atoms with E-state index >= 15 is 0 Å². The molecule has 2 unspecified atom stereocenters. The molecule has 5 heteroatoms. The van der Waals surface area contributed by atoms with E-state index < -0.39 is 11.2 Å². The molecular weight excluding hydrogens is 294 g/mol. The summed E-state index contributed by atoms with van der Waals surface area (Å²) in [5.74, 6) is 5.72. The van der Waals surface area contributed by atoms with E-state index in [9.17, 15) is 15.0 Å². The molecule has 2 heterocycles. The number of hydrogen-bond acceptors (Lipinski definition) is 4. The van der Waals surface area contributed by atoms with Crippen LogP contribution in [0, 0.1) is 23.7 Å². The number of β-amino-alcohol motifs (C(OH)–C–C–N with tert-alkyl or cyclic N) is 1. The van der Waals surface area contributed by atoms with Crippen LogP contribution in [0.1, 0.15) is 50.9 Å². The second-order valence-electron chi connectivity index (χ2n) is 7.21. The van der Waals surface area contributed by atoms with Crippen molar-refractivity contribution in [1.29, 1.82) is 0 Å². The zero-order valence-corrected chi connectivity index (χ0v) is 14.4. The number of carbonyl (C=O) groups excluding carboxylic acids is 1. The van der Waals surface area contributed by atoms with Gasteiger partial charge in [0.25, 0.3) is 5.91 Å². The van der Waals surface area contributed by atoms with Crippen LogP contribution in [0.15, 0.2) is 16.5 Å². The molecule has 23 heavy (non-hydrogen) atoms. The second kappa shape index (κ2) is 6.03. The average molecular weight is 319 g/mol. The van der Waals surface area contributed by atoms with Crippen LogP contribution in [-0.4, -0.2) is 45.3 Å². The molecule has 1 aromatic rings. The van der Waals surface area contributed by atoms with Gasteiger partial charge in [0.15, 0.2) is 11.5 Å². The minimum absolute atomic E-state index is 0.0101. The first-order chi connectivity index (χ1) is 10.5. The summed E-state index contributed by atoms with van der Waals surface area (Å²) >= 11 is 0. The fourth-order valence-corrected chi connectivity index (χ4v) is 2.81. The smallest absolute Gasteiger partial charge is 0.289 e. The van der Waals surface area contributed by atoms with Gasteiger partial charge in [-0.3, -0.25) is 4.79 Å². The highest BCUT2D eigenvalue weighted by atomic mass is 16.4. The lowest BCUT2D eigenvalue weighted by atomic mass is 9.82. The van der Waals surface area contributed by atoms with Crippen LogP contribution >= 0.6 is 0 Å². The first kappa shape index (κ1) is 17.6. The van der Waals surface area contributed by atoms with Crippen molar-refractivity contribution in [3.05, 3.63) is 23.7 Å². The van der Waals surface area contributed by atoms with Crippen molar-refractivity contribution < 1.29 is 19.4 Å². The predicted molar refractivity (Wildman–Crippen MR) is 86.7 cm³/mol. The fraction of sp³-hybridized carbons (Fsp3) is 0.611. The van der Waals surface area contributed by atoms with Crippen molar-refractivity contribution in [2.75, 3.05) is 13.1 Å². The summed E-state index contributed by atoms with van der Waals surface area (Å²) in [6.07, 6.45) is 0. The van der Waals surface area contributed by atoms with E-state index in [1.54, 1.807) is 30.9 Å². The van der Waals surface area contributed by atoms with E-state index in [2.05, 4.69) is 11.8 Å². The summed E-state index contributed by atoms with van der Waals surface area (Å²) in [5, 5.41) is 20.3. The van der Waals surface area contributed by atoms with Crippen LogP contribution in [0.25, 0.3) is 0 Å². The molecule has 0 bridgehead atoms. The normalized spacial score (nSPS) is 24.7. The van der Waals surface area contributed by atoms with Gasteiger partial charge in [-0.25, -0.2) is 0 Å². The molecule has 1 aromatic heterocycles. The van der Waals surface area contributed by atoms with Gasteiger partial charge in [-0.15, -0.1) is 0 Å². The fourth-order valence-electron chi connectivity index (χ4n) is 2.81. The van der Waals surface area contributed by atoms with Crippen molar-refractivity contribution >= 4 is 5.91 Å². The van der Waals surface area contributed by atoms with E-state index in [4.69, 9.17) is 4.42 Å². The van der Waals surface area contributed by atoms with Gasteiger partial charge in [0.1, 0.15) is 5.60 Å². The number of rotatable bonds is 2. The van der Waals surface area contributed by atoms with Crippen molar-refractivity contribution in [3.63, 3.8) is 0 Å². The van der Waals surface area contributed by atoms with Gasteiger partial charge >= 0.3 is 0 Å². The van der Waals surface area contributed by atoms with Crippen LogP contribution in [0.3, 0.4) is 0 Å². The number of amides is 1. The molecule has 0 aliphatic carbocycles. The molecule has 1 amide bonds. The Kier molecular flexibility index (Phi) is 4.61. The molecule has 1 saturated heterocycles. The molecule has 1 fully saturated rings. The third-order valence-electron chi connectivity index (χ3n) is 4.39. The van der Waals surface area contributed by atoms with Gasteiger partial charge in [0.05, 0.1) is 12.1 Å². The molecule has 0 aromatic carbocycles. The maximum absolute atomic E-state index is 12.5. The molecule has 2 rings (SSSR count). The maximum Gasteiger partial charge on any atom is 0.289 e. The van der Waals surface area contributed by atoms with Crippen LogP contribution in [-0.2, 0) is 0 Å². The summed E-state index contributed by atoms with van der Waals surface area (Å²) < 4.78 is 5.46. The van der Waals surface area contributed by atoms with Crippen molar-refractivity contribution in [3.8, 4) is 11.8 Å². The summed E-state index contributed by atoms with van der Waals surface area (Å²) in [7, 11) is 0. The Morgan fingerprint density at radius 2 is 2.13 bits per heavy atom. The number of hydrogen-bond donors (Lipinski definition) is 2. The predicted octanol–water partition coefficient (Wildman–Crippen LogP) is 1.88. The highest BCUT2D eigenvalue weighted by molar-refractivity contribution is 5.92. The van der Waals surface area contributed by atoms with Crippen molar-refractivity contribution in [1.82, 2.24) is 4.90 Å². The largest absolute Gasteiger partial charge is 0.443 e. The molecule has 0 radical (unpaired) electrons. The van der Waals surface area contributed by atoms with Gasteiger partial charge in [0.2, 0.25) is 0 Å². The lowest BCUT2D eigenvalue weighted by Crippen LogP contribution is -2.43. The number of aliphatic hydroxyl groups is 2. The molecular formula is C18H25NO4. The summed E-state index contributed by atoms with van der Waals surface area (Å²) in [5.41, 5.74) is -1.99. The number of nitrogens with zero attached hydrogens (tertiary/aromatic N) is 1. The van der Waals surface area contributed by atoms with E-state index in [1.165, 1.54) is 0 Å². The maximum atomic E-state index is 12.5. The zero-order valence-electron chi connectivity index (χ0n) is 14.4. The van der Waals surface area contributed by atoms with E-state index in [-0.39, 0.29) is 23.5 Å². The Morgan fingerprint density at radius 3 is 2.65 bits per heavy atom. The summed E-state index contributed by atoms with van der Waals surface area (Å²) in [4.78, 5) is 14.2. The molecule has 1 aliphatic rings. The quantitative estimate of drug-likeness (QED) is 0.816. The summed E-state index contributed by atoms with van der Waals surface area (Å²) in [6, 6.07) is 3.19. The Morgan fingerprint density at radius 1 is 1.48 bits per heavy atom. The monoisotopic (exact) mass is 319 g/mol. The molecule has 126 valence electrons. The van der Waals surface area contributed by atoms with Gasteiger partial charge < -0.3 is 19.5 Å². The molecule has 1 aliphatic heterocycles. The Bertz CT molecular complexity index is 644. The van der Waals surface area contributed by atoms with Gasteiger partial charge in [-0.1, -0.05) is 26.7 Å². The Balaban J connectivity index is 2.13. The number of furan rings is 1. The second-order valence-corrected chi connectivity index (χ2v) is 7.21. The molecule has 5 nitrogen and oxygen atoms in total. The molecule has 0 saturated carbocycles. The van der Waals surface area contributed by atoms with E-state index in [1.807, 2.05) is 20.8 Å². The highest BCUT2D eigenvalue weighted by Crippen LogP contribution is 2.34. The van der Waals surface area contributed by atoms with Crippen molar-refractivity contribution in [2.45, 2.75) is 45.8 Å². The third-order valence-corrected chi connectivity index (χ3v) is 4.39. The van der Waals surface area contributed by atoms with Gasteiger partial charge in [0, 0.05) is 12.5 Å². The van der Waals surface area contributed by atoms with Crippen LogP contribution in [0.2, 0.25) is 0 Å². The highest BCUT2D eigenvalue weighted by Gasteiger charge is 2.46. The molecule has 2 N–H and O–H groups in total. The third kappa shape index (κ3) is 3.77. The van der Waals surface area contributed by atoms with Crippen LogP contribution in [0.5, 0.6) is 0 Å². The average Bonchev–Trinajstić information content (AvgIpc) is 3.01. The van der Waals surface area contributed by atoms with E-state index in [0.717, 1.165) is 0 Å². The first-order valence-electron chi connectivity index (χ1n) is 7.90. The summed E-state index contributed by atoms with van der Waals surface area (Å²) in [6.45, 7) is 9.83.